The monoisotopic (exact) mass is 213 g/mol. The van der Waals surface area contributed by atoms with Gasteiger partial charge < -0.3 is 15.5 Å². The van der Waals surface area contributed by atoms with Gasteiger partial charge in [0.05, 0.1) is 5.54 Å². The number of hydrogen-bond acceptors (Lipinski definition) is 2. The van der Waals surface area contributed by atoms with Crippen LogP contribution >= 0.6 is 0 Å². The molecule has 4 nitrogen and oxygen atoms in total. The summed E-state index contributed by atoms with van der Waals surface area (Å²) in [5.74, 6) is 0. The fourth-order valence-corrected chi connectivity index (χ4v) is 2.53. The van der Waals surface area contributed by atoms with E-state index in [1.807, 2.05) is 11.8 Å². The summed E-state index contributed by atoms with van der Waals surface area (Å²) in [5.41, 5.74) is 5.80. The van der Waals surface area contributed by atoms with E-state index >= 15 is 0 Å². The number of carbonyl (C=O) groups excluding carboxylic acids is 1. The fourth-order valence-electron chi connectivity index (χ4n) is 2.53. The molecule has 1 saturated carbocycles. The van der Waals surface area contributed by atoms with Crippen molar-refractivity contribution in [3.8, 4) is 0 Å². The van der Waals surface area contributed by atoms with Crippen LogP contribution in [-0.2, 0) is 0 Å². The van der Waals surface area contributed by atoms with Gasteiger partial charge >= 0.3 is 6.03 Å². The van der Waals surface area contributed by atoms with Crippen LogP contribution in [0.2, 0.25) is 0 Å². The third-order valence-corrected chi connectivity index (χ3v) is 3.42. The summed E-state index contributed by atoms with van der Waals surface area (Å²) in [7, 11) is 3.59. The van der Waals surface area contributed by atoms with Gasteiger partial charge in [-0.05, 0) is 19.8 Å². The predicted octanol–water partition coefficient (Wildman–Crippen LogP) is 1.26. The number of likely N-dealkylation sites (N-methyl/N-ethyl adjacent to an activating group) is 1. The molecule has 1 fully saturated rings. The van der Waals surface area contributed by atoms with Gasteiger partial charge in [0.2, 0.25) is 0 Å². The van der Waals surface area contributed by atoms with Crippen LogP contribution in [0.3, 0.4) is 0 Å². The summed E-state index contributed by atoms with van der Waals surface area (Å²) in [5, 5.41) is 0. The van der Waals surface area contributed by atoms with E-state index in [1.54, 1.807) is 19.0 Å². The van der Waals surface area contributed by atoms with Gasteiger partial charge in [0.1, 0.15) is 0 Å². The van der Waals surface area contributed by atoms with E-state index in [4.69, 9.17) is 5.73 Å². The Morgan fingerprint density at radius 1 is 1.33 bits per heavy atom. The molecule has 0 aromatic heterocycles. The molecule has 2 N–H and O–H groups in total. The highest BCUT2D eigenvalue weighted by Crippen LogP contribution is 2.34. The zero-order valence-corrected chi connectivity index (χ0v) is 10.1. The molecule has 88 valence electrons. The van der Waals surface area contributed by atoms with Crippen molar-refractivity contribution in [1.82, 2.24) is 9.80 Å². The predicted molar refractivity (Wildman–Crippen MR) is 61.7 cm³/mol. The second-order valence-electron chi connectivity index (χ2n) is 4.56. The first-order valence-electron chi connectivity index (χ1n) is 5.76. The molecular formula is C11H23N3O. The third kappa shape index (κ3) is 2.25. The Kier molecular flexibility index (Phi) is 3.97. The molecular weight excluding hydrogens is 190 g/mol. The van der Waals surface area contributed by atoms with Crippen LogP contribution in [0.1, 0.15) is 32.6 Å². The normalized spacial score (nSPS) is 18.9. The molecule has 0 aliphatic heterocycles. The van der Waals surface area contributed by atoms with Crippen molar-refractivity contribution in [3.63, 3.8) is 0 Å². The number of rotatable bonds is 3. The van der Waals surface area contributed by atoms with Crippen LogP contribution in [0.4, 0.5) is 4.79 Å². The van der Waals surface area contributed by atoms with E-state index in [0.29, 0.717) is 6.54 Å². The Morgan fingerprint density at radius 3 is 2.20 bits per heavy atom. The van der Waals surface area contributed by atoms with E-state index in [0.717, 1.165) is 19.4 Å². The third-order valence-electron chi connectivity index (χ3n) is 3.42. The Morgan fingerprint density at radius 2 is 1.87 bits per heavy atom. The number of urea groups is 1. The van der Waals surface area contributed by atoms with E-state index in [1.165, 1.54) is 12.8 Å². The van der Waals surface area contributed by atoms with Crippen molar-refractivity contribution in [1.29, 1.82) is 0 Å². The minimum Gasteiger partial charge on any atom is -0.331 e. The van der Waals surface area contributed by atoms with Crippen molar-refractivity contribution >= 4 is 6.03 Å². The van der Waals surface area contributed by atoms with Crippen molar-refractivity contribution in [2.75, 3.05) is 27.2 Å². The lowest BCUT2D eigenvalue weighted by Gasteiger charge is -2.41. The molecule has 0 bridgehead atoms. The highest BCUT2D eigenvalue weighted by Gasteiger charge is 2.40. The van der Waals surface area contributed by atoms with Gasteiger partial charge in [0.15, 0.2) is 0 Å². The lowest BCUT2D eigenvalue weighted by Crippen LogP contribution is -2.57. The van der Waals surface area contributed by atoms with Gasteiger partial charge in [-0.2, -0.15) is 0 Å². The average Bonchev–Trinajstić information content (AvgIpc) is 2.68. The summed E-state index contributed by atoms with van der Waals surface area (Å²) in [6.07, 6.45) is 4.48. The minimum absolute atomic E-state index is 0.0733. The maximum atomic E-state index is 12.0. The van der Waals surface area contributed by atoms with Crippen LogP contribution in [0.15, 0.2) is 0 Å². The molecule has 2 amide bonds. The van der Waals surface area contributed by atoms with Crippen molar-refractivity contribution < 1.29 is 4.79 Å². The molecule has 0 spiro atoms. The van der Waals surface area contributed by atoms with Gasteiger partial charge in [0.25, 0.3) is 0 Å². The van der Waals surface area contributed by atoms with E-state index in [9.17, 15) is 4.79 Å². The minimum atomic E-state index is -0.0733. The van der Waals surface area contributed by atoms with Gasteiger partial charge in [-0.1, -0.05) is 12.8 Å². The molecule has 0 radical (unpaired) electrons. The zero-order chi connectivity index (χ0) is 11.5. The number of carbonyl (C=O) groups is 1. The average molecular weight is 213 g/mol. The van der Waals surface area contributed by atoms with Crippen LogP contribution in [0.5, 0.6) is 0 Å². The molecule has 4 heteroatoms. The molecule has 0 heterocycles. The van der Waals surface area contributed by atoms with Gasteiger partial charge in [-0.3, -0.25) is 0 Å². The second kappa shape index (κ2) is 4.84. The first-order chi connectivity index (χ1) is 7.07. The van der Waals surface area contributed by atoms with E-state index in [-0.39, 0.29) is 11.6 Å². The molecule has 15 heavy (non-hydrogen) atoms. The topological polar surface area (TPSA) is 49.6 Å². The van der Waals surface area contributed by atoms with Crippen molar-refractivity contribution in [2.45, 2.75) is 38.1 Å². The Labute approximate surface area is 92.4 Å². The summed E-state index contributed by atoms with van der Waals surface area (Å²) in [6.45, 7) is 3.35. The molecule has 0 atom stereocenters. The van der Waals surface area contributed by atoms with Gasteiger partial charge in [0, 0.05) is 27.2 Å². The van der Waals surface area contributed by atoms with Crippen LogP contribution in [-0.4, -0.2) is 48.6 Å². The summed E-state index contributed by atoms with van der Waals surface area (Å²) >= 11 is 0. The molecule has 1 aliphatic rings. The maximum Gasteiger partial charge on any atom is 0.319 e. The molecule has 0 saturated heterocycles. The summed E-state index contributed by atoms with van der Waals surface area (Å²) < 4.78 is 0. The maximum absolute atomic E-state index is 12.0. The molecule has 0 aromatic rings. The SMILES string of the molecule is CCN(C(=O)N(C)C)C1(CN)CCCC1. The van der Waals surface area contributed by atoms with Crippen LogP contribution < -0.4 is 5.73 Å². The Hall–Kier alpha value is -0.770. The molecule has 0 aromatic carbocycles. The summed E-state index contributed by atoms with van der Waals surface area (Å²) in [4.78, 5) is 15.6. The Bertz CT molecular complexity index is 222. The van der Waals surface area contributed by atoms with Crippen LogP contribution in [0.25, 0.3) is 0 Å². The largest absolute Gasteiger partial charge is 0.331 e. The lowest BCUT2D eigenvalue weighted by molar-refractivity contribution is 0.105. The molecule has 1 aliphatic carbocycles. The quantitative estimate of drug-likeness (QED) is 0.767. The number of amides is 2. The number of nitrogens with zero attached hydrogens (tertiary/aromatic N) is 2. The highest BCUT2D eigenvalue weighted by molar-refractivity contribution is 5.74. The second-order valence-corrected chi connectivity index (χ2v) is 4.56. The fraction of sp³-hybridized carbons (Fsp3) is 0.909. The van der Waals surface area contributed by atoms with Crippen molar-refractivity contribution in [3.05, 3.63) is 0 Å². The van der Waals surface area contributed by atoms with E-state index < -0.39 is 0 Å². The number of hydrogen-bond donors (Lipinski definition) is 1. The van der Waals surface area contributed by atoms with Crippen molar-refractivity contribution in [2.24, 2.45) is 5.73 Å². The van der Waals surface area contributed by atoms with Crippen LogP contribution in [0, 0.1) is 0 Å². The smallest absolute Gasteiger partial charge is 0.319 e. The summed E-state index contributed by atoms with van der Waals surface area (Å²) in [6, 6.07) is 0.0878. The standard InChI is InChI=1S/C11H23N3O/c1-4-14(10(15)13(2)3)11(9-12)7-5-6-8-11/h4-9,12H2,1-3H3. The highest BCUT2D eigenvalue weighted by atomic mass is 16.2. The van der Waals surface area contributed by atoms with Gasteiger partial charge in [-0.15, -0.1) is 0 Å². The van der Waals surface area contributed by atoms with E-state index in [2.05, 4.69) is 0 Å². The lowest BCUT2D eigenvalue weighted by atomic mass is 9.95. The zero-order valence-electron chi connectivity index (χ0n) is 10.1. The van der Waals surface area contributed by atoms with Gasteiger partial charge in [-0.25, -0.2) is 4.79 Å². The Balaban J connectivity index is 2.83. The molecule has 0 unspecified atom stereocenters. The first-order valence-corrected chi connectivity index (χ1v) is 5.76. The first kappa shape index (κ1) is 12.3. The number of nitrogens with two attached hydrogens (primary N) is 1. The molecule has 1 rings (SSSR count).